The first-order chi connectivity index (χ1) is 14.0. The topological polar surface area (TPSA) is 86.2 Å². The third kappa shape index (κ3) is 3.53. The number of aliphatic hydroxyl groups is 2. The molecule has 5 aliphatic rings. The van der Waals surface area contributed by atoms with Crippen molar-refractivity contribution in [3.63, 3.8) is 0 Å². The first-order valence-corrected chi connectivity index (χ1v) is 11.5. The Morgan fingerprint density at radius 1 is 1.03 bits per heavy atom. The lowest BCUT2D eigenvalue weighted by Gasteiger charge is -2.46. The molecule has 0 radical (unpaired) electrons. The summed E-state index contributed by atoms with van der Waals surface area (Å²) < 4.78 is 26.7. The maximum Gasteiger partial charge on any atom is 0.141 e. The van der Waals surface area contributed by atoms with E-state index in [1.807, 2.05) is 0 Å². The summed E-state index contributed by atoms with van der Waals surface area (Å²) in [6, 6.07) is 0.389. The standard InChI is InChI=1S/C20H33ClFN3O4/c1-9-11-4-5-25(19(11)24-8-23-9)20-16(27)15(26)18(29-20)17-12-3-2-10(21)6-13(12)14(22)7-28-17/h9-20,23-24,26-27H,2-8H2,1H3/t9?,10?,11?,12?,13?,14-,15+,16-,17-,18+,19?,20-/m1/s1. The molecular formula is C20H33ClFN3O4. The fourth-order valence-electron chi connectivity index (χ4n) is 6.41. The zero-order valence-corrected chi connectivity index (χ0v) is 17.5. The van der Waals surface area contributed by atoms with Crippen molar-refractivity contribution in [2.45, 2.75) is 87.0 Å². The Labute approximate surface area is 176 Å². The van der Waals surface area contributed by atoms with Crippen LogP contribution in [-0.2, 0) is 9.47 Å². The van der Waals surface area contributed by atoms with Gasteiger partial charge >= 0.3 is 0 Å². The quantitative estimate of drug-likeness (QED) is 0.468. The zero-order chi connectivity index (χ0) is 20.3. The monoisotopic (exact) mass is 433 g/mol. The summed E-state index contributed by atoms with van der Waals surface area (Å²) in [5.41, 5.74) is 0. The molecule has 5 fully saturated rings. The van der Waals surface area contributed by atoms with Gasteiger partial charge in [-0.1, -0.05) is 0 Å². The molecule has 4 aliphatic heterocycles. The molecule has 29 heavy (non-hydrogen) atoms. The number of rotatable bonds is 2. The summed E-state index contributed by atoms with van der Waals surface area (Å²) in [6.45, 7) is 3.69. The average molecular weight is 434 g/mol. The van der Waals surface area contributed by atoms with Gasteiger partial charge in [0.05, 0.1) is 18.9 Å². The minimum absolute atomic E-state index is 0.00192. The molecule has 4 heterocycles. The van der Waals surface area contributed by atoms with E-state index in [1.165, 1.54) is 0 Å². The van der Waals surface area contributed by atoms with E-state index in [1.54, 1.807) is 0 Å². The molecule has 4 N–H and O–H groups in total. The Balaban J connectivity index is 1.32. The van der Waals surface area contributed by atoms with E-state index in [9.17, 15) is 14.6 Å². The molecule has 1 saturated carbocycles. The second-order valence-corrected chi connectivity index (χ2v) is 10.2. The molecule has 4 saturated heterocycles. The molecule has 7 nitrogen and oxygen atoms in total. The number of hydrogen-bond donors (Lipinski definition) is 4. The molecule has 6 unspecified atom stereocenters. The Morgan fingerprint density at radius 2 is 1.86 bits per heavy atom. The average Bonchev–Trinajstić information content (AvgIpc) is 3.26. The highest BCUT2D eigenvalue weighted by molar-refractivity contribution is 6.20. The van der Waals surface area contributed by atoms with Crippen LogP contribution in [0.5, 0.6) is 0 Å². The van der Waals surface area contributed by atoms with E-state index in [0.717, 1.165) is 25.8 Å². The zero-order valence-electron chi connectivity index (χ0n) is 16.8. The van der Waals surface area contributed by atoms with Crippen molar-refractivity contribution in [1.29, 1.82) is 0 Å². The van der Waals surface area contributed by atoms with Crippen LogP contribution in [0, 0.1) is 17.8 Å². The SMILES string of the molecule is CC1NCNC2C1CCN2[C@@H]1O[C@H]([C@@H]2OC[C@@H](F)C3CC(Cl)CCC32)[C@@H](O)[C@H]1O. The van der Waals surface area contributed by atoms with Gasteiger partial charge in [0.25, 0.3) is 0 Å². The molecule has 0 aromatic rings. The van der Waals surface area contributed by atoms with Gasteiger partial charge in [0, 0.05) is 30.6 Å². The van der Waals surface area contributed by atoms with Crippen LogP contribution in [0.2, 0.25) is 0 Å². The number of ether oxygens (including phenoxy) is 2. The Kier molecular flexibility index (Phi) is 5.84. The first-order valence-electron chi connectivity index (χ1n) is 11.1. The number of alkyl halides is 2. The summed E-state index contributed by atoms with van der Waals surface area (Å²) in [7, 11) is 0. The van der Waals surface area contributed by atoms with Crippen molar-refractivity contribution in [1.82, 2.24) is 15.5 Å². The van der Waals surface area contributed by atoms with E-state index >= 15 is 0 Å². The van der Waals surface area contributed by atoms with E-state index < -0.39 is 36.8 Å². The summed E-state index contributed by atoms with van der Waals surface area (Å²) >= 11 is 6.30. The second-order valence-electron chi connectivity index (χ2n) is 9.53. The number of halogens is 2. The smallest absolute Gasteiger partial charge is 0.141 e. The Hall–Kier alpha value is -0.0600. The van der Waals surface area contributed by atoms with Crippen molar-refractivity contribution < 1.29 is 24.1 Å². The van der Waals surface area contributed by atoms with Gasteiger partial charge in [0.1, 0.15) is 30.7 Å². The molecular weight excluding hydrogens is 401 g/mol. The number of aliphatic hydroxyl groups excluding tert-OH is 2. The van der Waals surface area contributed by atoms with Gasteiger partial charge in [0.2, 0.25) is 0 Å². The van der Waals surface area contributed by atoms with Crippen molar-refractivity contribution in [2.24, 2.45) is 17.8 Å². The summed E-state index contributed by atoms with van der Waals surface area (Å²) in [6.07, 6.45) is -1.42. The third-order valence-electron chi connectivity index (χ3n) is 8.01. The van der Waals surface area contributed by atoms with Crippen LogP contribution in [0.3, 0.4) is 0 Å². The second kappa shape index (κ2) is 8.13. The van der Waals surface area contributed by atoms with Crippen molar-refractivity contribution >= 4 is 11.6 Å². The van der Waals surface area contributed by atoms with Crippen LogP contribution < -0.4 is 10.6 Å². The van der Waals surface area contributed by atoms with Crippen LogP contribution >= 0.6 is 11.6 Å². The molecule has 9 heteroatoms. The summed E-state index contributed by atoms with van der Waals surface area (Å²) in [4.78, 5) is 2.14. The predicted octanol–water partition coefficient (Wildman–Crippen LogP) is 0.381. The highest BCUT2D eigenvalue weighted by Crippen LogP contribution is 2.45. The summed E-state index contributed by atoms with van der Waals surface area (Å²) in [5, 5.41) is 28.6. The molecule has 0 spiro atoms. The molecule has 5 rings (SSSR count). The molecule has 0 aromatic heterocycles. The number of fused-ring (bicyclic) bond motifs is 2. The first kappa shape index (κ1) is 20.8. The lowest BCUT2D eigenvalue weighted by atomic mass is 9.70. The lowest BCUT2D eigenvalue weighted by molar-refractivity contribution is -0.190. The lowest BCUT2D eigenvalue weighted by Crippen LogP contribution is -2.61. The van der Waals surface area contributed by atoms with E-state index in [4.69, 9.17) is 21.1 Å². The maximum atomic E-state index is 14.5. The predicted molar refractivity (Wildman–Crippen MR) is 105 cm³/mol. The largest absolute Gasteiger partial charge is 0.387 e. The molecule has 166 valence electrons. The van der Waals surface area contributed by atoms with Crippen LogP contribution in [0.1, 0.15) is 32.6 Å². The fraction of sp³-hybridized carbons (Fsp3) is 1.00. The molecule has 0 amide bonds. The number of nitrogens with zero attached hydrogens (tertiary/aromatic N) is 1. The van der Waals surface area contributed by atoms with Gasteiger partial charge in [-0.05, 0) is 44.4 Å². The number of likely N-dealkylation sites (tertiary alicyclic amines) is 1. The van der Waals surface area contributed by atoms with Gasteiger partial charge in [-0.3, -0.25) is 10.2 Å². The van der Waals surface area contributed by atoms with Crippen LogP contribution in [-0.4, -0.2) is 89.3 Å². The minimum Gasteiger partial charge on any atom is -0.387 e. The normalized spacial score (nSPS) is 56.2. The summed E-state index contributed by atoms with van der Waals surface area (Å²) in [5.74, 6) is 0.222. The van der Waals surface area contributed by atoms with Gasteiger partial charge in [-0.25, -0.2) is 4.39 Å². The minimum atomic E-state index is -1.05. The number of hydrogen-bond acceptors (Lipinski definition) is 7. The van der Waals surface area contributed by atoms with E-state index in [-0.39, 0.29) is 30.0 Å². The van der Waals surface area contributed by atoms with Crippen molar-refractivity contribution in [3.8, 4) is 0 Å². The maximum absolute atomic E-state index is 14.5. The molecule has 12 atom stereocenters. The van der Waals surface area contributed by atoms with Gasteiger partial charge < -0.3 is 25.0 Å². The Bertz CT molecular complexity index is 606. The van der Waals surface area contributed by atoms with E-state index in [0.29, 0.717) is 25.0 Å². The molecule has 0 aromatic carbocycles. The van der Waals surface area contributed by atoms with Crippen LogP contribution in [0.15, 0.2) is 0 Å². The van der Waals surface area contributed by atoms with Crippen LogP contribution in [0.4, 0.5) is 4.39 Å². The fourth-order valence-corrected chi connectivity index (χ4v) is 6.75. The number of nitrogens with one attached hydrogen (secondary N) is 2. The van der Waals surface area contributed by atoms with Gasteiger partial charge in [-0.2, -0.15) is 0 Å². The highest BCUT2D eigenvalue weighted by Gasteiger charge is 2.56. The van der Waals surface area contributed by atoms with Crippen LogP contribution in [0.25, 0.3) is 0 Å². The van der Waals surface area contributed by atoms with Crippen molar-refractivity contribution in [3.05, 3.63) is 0 Å². The molecule has 1 aliphatic carbocycles. The highest BCUT2D eigenvalue weighted by atomic mass is 35.5. The van der Waals surface area contributed by atoms with Crippen molar-refractivity contribution in [2.75, 3.05) is 19.8 Å². The molecule has 0 bridgehead atoms. The Morgan fingerprint density at radius 3 is 2.69 bits per heavy atom. The van der Waals surface area contributed by atoms with E-state index in [2.05, 4.69) is 22.5 Å². The van der Waals surface area contributed by atoms with Gasteiger partial charge in [0.15, 0.2) is 0 Å². The third-order valence-corrected chi connectivity index (χ3v) is 8.41. The van der Waals surface area contributed by atoms with Gasteiger partial charge in [-0.15, -0.1) is 11.6 Å².